The van der Waals surface area contributed by atoms with E-state index in [1.165, 1.54) is 0 Å². The fourth-order valence-electron chi connectivity index (χ4n) is 2.19. The summed E-state index contributed by atoms with van der Waals surface area (Å²) in [6.07, 6.45) is 1.72. The summed E-state index contributed by atoms with van der Waals surface area (Å²) in [4.78, 5) is 0. The summed E-state index contributed by atoms with van der Waals surface area (Å²) >= 11 is 0. The molecule has 1 aromatic rings. The van der Waals surface area contributed by atoms with Crippen LogP contribution in [0.15, 0.2) is 24.3 Å². The fourth-order valence-corrected chi connectivity index (χ4v) is 2.19. The van der Waals surface area contributed by atoms with Gasteiger partial charge in [-0.15, -0.1) is 0 Å². The first-order valence-corrected chi connectivity index (χ1v) is 5.23. The number of hydrogen-bond donors (Lipinski definition) is 1. The molecule has 2 N–H and O–H groups in total. The molecule has 2 nitrogen and oxygen atoms in total. The molecule has 0 bridgehead atoms. The van der Waals surface area contributed by atoms with Crippen LogP contribution >= 0.6 is 0 Å². The van der Waals surface area contributed by atoms with Crippen molar-refractivity contribution in [3.8, 4) is 5.75 Å². The molecular weight excluding hydrogens is 193 g/mol. The lowest BCUT2D eigenvalue weighted by atomic mass is 9.94. The van der Waals surface area contributed by atoms with E-state index in [4.69, 9.17) is 10.5 Å². The minimum atomic E-state index is -1.23. The van der Waals surface area contributed by atoms with E-state index in [2.05, 4.69) is 0 Å². The second-order valence-corrected chi connectivity index (χ2v) is 4.20. The largest absolute Gasteiger partial charge is 0.497 e. The van der Waals surface area contributed by atoms with Crippen molar-refractivity contribution in [1.82, 2.24) is 0 Å². The molecule has 1 aliphatic carbocycles. The van der Waals surface area contributed by atoms with Crippen LogP contribution in [0.3, 0.4) is 0 Å². The number of alkyl halides is 1. The van der Waals surface area contributed by atoms with Crippen molar-refractivity contribution >= 4 is 0 Å². The van der Waals surface area contributed by atoms with Crippen LogP contribution in [0, 0.1) is 0 Å². The van der Waals surface area contributed by atoms with Crippen LogP contribution in [-0.2, 0) is 5.67 Å². The summed E-state index contributed by atoms with van der Waals surface area (Å²) in [5.41, 5.74) is 5.23. The van der Waals surface area contributed by atoms with Gasteiger partial charge in [0.2, 0.25) is 0 Å². The van der Waals surface area contributed by atoms with Crippen LogP contribution in [0.4, 0.5) is 4.39 Å². The highest BCUT2D eigenvalue weighted by molar-refractivity contribution is 5.31. The van der Waals surface area contributed by atoms with Crippen molar-refractivity contribution in [2.24, 2.45) is 5.73 Å². The normalized spacial score (nSPS) is 30.5. The summed E-state index contributed by atoms with van der Waals surface area (Å²) in [5.74, 6) is 0.754. The Morgan fingerprint density at radius 1 is 1.40 bits per heavy atom. The molecule has 0 saturated heterocycles. The van der Waals surface area contributed by atoms with E-state index in [0.29, 0.717) is 12.8 Å². The molecule has 0 aromatic heterocycles. The lowest BCUT2D eigenvalue weighted by Gasteiger charge is -2.19. The zero-order valence-electron chi connectivity index (χ0n) is 8.87. The molecule has 2 atom stereocenters. The monoisotopic (exact) mass is 209 g/mol. The van der Waals surface area contributed by atoms with Gasteiger partial charge in [0, 0.05) is 12.5 Å². The van der Waals surface area contributed by atoms with Crippen molar-refractivity contribution < 1.29 is 9.13 Å². The van der Waals surface area contributed by atoms with Crippen LogP contribution in [0.1, 0.15) is 24.8 Å². The number of ether oxygens (including phenoxy) is 1. The highest BCUT2D eigenvalue weighted by Crippen LogP contribution is 2.42. The van der Waals surface area contributed by atoms with Crippen LogP contribution in [-0.4, -0.2) is 13.2 Å². The summed E-state index contributed by atoms with van der Waals surface area (Å²) in [6.45, 7) is 0. The molecule has 1 saturated carbocycles. The summed E-state index contributed by atoms with van der Waals surface area (Å²) in [6, 6.07) is 7.16. The van der Waals surface area contributed by atoms with Crippen molar-refractivity contribution in [2.45, 2.75) is 31.0 Å². The summed E-state index contributed by atoms with van der Waals surface area (Å²) < 4.78 is 19.4. The third kappa shape index (κ3) is 1.97. The summed E-state index contributed by atoms with van der Waals surface area (Å²) in [7, 11) is 1.60. The van der Waals surface area contributed by atoms with Gasteiger partial charge in [0.15, 0.2) is 0 Å². The molecule has 0 amide bonds. The zero-order valence-corrected chi connectivity index (χ0v) is 8.87. The number of benzene rings is 1. The Kier molecular flexibility index (Phi) is 2.65. The van der Waals surface area contributed by atoms with Gasteiger partial charge in [-0.25, -0.2) is 4.39 Å². The molecule has 1 fully saturated rings. The Balaban J connectivity index is 2.22. The smallest absolute Gasteiger partial charge is 0.137 e. The van der Waals surface area contributed by atoms with E-state index in [0.717, 1.165) is 17.7 Å². The molecule has 2 unspecified atom stereocenters. The van der Waals surface area contributed by atoms with E-state index in [9.17, 15) is 4.39 Å². The standard InChI is InChI=1S/C12H16FNO/c1-15-11-4-2-9(3-5-11)12(13)7-6-10(14)8-12/h2-5,10H,6-8,14H2,1H3. The van der Waals surface area contributed by atoms with Gasteiger partial charge >= 0.3 is 0 Å². The molecule has 3 heteroatoms. The van der Waals surface area contributed by atoms with Crippen molar-refractivity contribution in [3.63, 3.8) is 0 Å². The number of rotatable bonds is 2. The molecule has 1 aromatic carbocycles. The first-order chi connectivity index (χ1) is 7.14. The number of halogens is 1. The van der Waals surface area contributed by atoms with Gasteiger partial charge < -0.3 is 10.5 Å². The average Bonchev–Trinajstić information content (AvgIpc) is 2.60. The van der Waals surface area contributed by atoms with Crippen LogP contribution in [0.5, 0.6) is 5.75 Å². The zero-order chi connectivity index (χ0) is 10.9. The Bertz CT molecular complexity index is 338. The van der Waals surface area contributed by atoms with Gasteiger partial charge in [-0.2, -0.15) is 0 Å². The Labute approximate surface area is 89.2 Å². The molecule has 0 aliphatic heterocycles. The first kappa shape index (κ1) is 10.4. The van der Waals surface area contributed by atoms with Crippen LogP contribution in [0.25, 0.3) is 0 Å². The quantitative estimate of drug-likeness (QED) is 0.811. The molecule has 15 heavy (non-hydrogen) atoms. The Morgan fingerprint density at radius 2 is 2.07 bits per heavy atom. The van der Waals surface area contributed by atoms with Crippen molar-refractivity contribution in [1.29, 1.82) is 0 Å². The van der Waals surface area contributed by atoms with Gasteiger partial charge in [-0.05, 0) is 30.5 Å². The molecular formula is C12H16FNO. The Morgan fingerprint density at radius 3 is 2.53 bits per heavy atom. The summed E-state index contributed by atoms with van der Waals surface area (Å²) in [5, 5.41) is 0. The Hall–Kier alpha value is -1.09. The maximum absolute atomic E-state index is 14.4. The highest BCUT2D eigenvalue weighted by atomic mass is 19.1. The van der Waals surface area contributed by atoms with Gasteiger partial charge in [0.25, 0.3) is 0 Å². The number of methoxy groups -OCH3 is 1. The molecule has 0 heterocycles. The predicted molar refractivity (Wildman–Crippen MR) is 57.6 cm³/mol. The highest BCUT2D eigenvalue weighted by Gasteiger charge is 2.39. The lowest BCUT2D eigenvalue weighted by molar-refractivity contribution is 0.172. The fraction of sp³-hybridized carbons (Fsp3) is 0.500. The number of nitrogens with two attached hydrogens (primary N) is 1. The van der Waals surface area contributed by atoms with Crippen molar-refractivity contribution in [2.75, 3.05) is 7.11 Å². The maximum atomic E-state index is 14.4. The van der Waals surface area contributed by atoms with Gasteiger partial charge in [-0.1, -0.05) is 12.1 Å². The molecule has 1 aliphatic rings. The van der Waals surface area contributed by atoms with E-state index < -0.39 is 5.67 Å². The number of hydrogen-bond acceptors (Lipinski definition) is 2. The minimum Gasteiger partial charge on any atom is -0.497 e. The maximum Gasteiger partial charge on any atom is 0.137 e. The third-order valence-electron chi connectivity index (χ3n) is 3.10. The first-order valence-electron chi connectivity index (χ1n) is 5.23. The second-order valence-electron chi connectivity index (χ2n) is 4.20. The van der Waals surface area contributed by atoms with Gasteiger partial charge in [-0.3, -0.25) is 0 Å². The SMILES string of the molecule is COc1ccc(C2(F)CCC(N)C2)cc1. The molecule has 82 valence electrons. The molecule has 0 spiro atoms. The van der Waals surface area contributed by atoms with Gasteiger partial charge in [0.05, 0.1) is 7.11 Å². The van der Waals surface area contributed by atoms with Crippen LogP contribution in [0.2, 0.25) is 0 Å². The lowest BCUT2D eigenvalue weighted by Crippen LogP contribution is -2.21. The van der Waals surface area contributed by atoms with E-state index >= 15 is 0 Å². The van der Waals surface area contributed by atoms with Gasteiger partial charge in [0.1, 0.15) is 11.4 Å². The van der Waals surface area contributed by atoms with E-state index in [-0.39, 0.29) is 6.04 Å². The third-order valence-corrected chi connectivity index (χ3v) is 3.10. The van der Waals surface area contributed by atoms with Crippen molar-refractivity contribution in [3.05, 3.63) is 29.8 Å². The second kappa shape index (κ2) is 3.81. The molecule has 0 radical (unpaired) electrons. The van der Waals surface area contributed by atoms with E-state index in [1.807, 2.05) is 0 Å². The predicted octanol–water partition coefficient (Wildman–Crippen LogP) is 2.37. The van der Waals surface area contributed by atoms with E-state index in [1.54, 1.807) is 31.4 Å². The average molecular weight is 209 g/mol. The minimum absolute atomic E-state index is 0.00268. The molecule has 2 rings (SSSR count). The topological polar surface area (TPSA) is 35.2 Å². The van der Waals surface area contributed by atoms with Crippen LogP contribution < -0.4 is 10.5 Å².